The molecule has 1 unspecified atom stereocenters. The highest BCUT2D eigenvalue weighted by Gasteiger charge is 2.24. The normalized spacial score (nSPS) is 15.5. The molecule has 192 valence electrons. The average Bonchev–Trinajstić information content (AvgIpc) is 3.56. The van der Waals surface area contributed by atoms with E-state index in [1.807, 2.05) is 24.7 Å². The number of hydrogen-bond acceptors (Lipinski definition) is 2. The van der Waals surface area contributed by atoms with Gasteiger partial charge < -0.3 is 4.57 Å². The van der Waals surface area contributed by atoms with Gasteiger partial charge in [-0.15, -0.1) is 0 Å². The summed E-state index contributed by atoms with van der Waals surface area (Å²) in [6.45, 7) is 0. The Morgan fingerprint density at radius 3 is 2.29 bits per heavy atom. The third-order valence-electron chi connectivity index (χ3n) is 8.84. The minimum absolute atomic E-state index is 0.333. The number of para-hydroxylation sites is 1. The first kappa shape index (κ1) is 22.5. The van der Waals surface area contributed by atoms with Gasteiger partial charge in [0, 0.05) is 34.8 Å². The SMILES string of the molecule is C1=CC(c2ccc3c4c(cccc24)-c2ccccc2-3)CC=C1c1cc2c3cnccc3n(-c3ccccc3)c2cn1. The Balaban J connectivity index is 1.10. The summed E-state index contributed by atoms with van der Waals surface area (Å²) >= 11 is 0. The molecule has 0 fully saturated rings. The van der Waals surface area contributed by atoms with Crippen LogP contribution in [0, 0.1) is 0 Å². The summed E-state index contributed by atoms with van der Waals surface area (Å²) in [6.07, 6.45) is 13.8. The largest absolute Gasteiger partial charge is 0.308 e. The molecular weight excluding hydrogens is 498 g/mol. The molecule has 1 atom stereocenters. The summed E-state index contributed by atoms with van der Waals surface area (Å²) in [4.78, 5) is 9.40. The minimum Gasteiger partial charge on any atom is -0.308 e. The predicted octanol–water partition coefficient (Wildman–Crippen LogP) is 9.50. The Hall–Kier alpha value is -5.28. The van der Waals surface area contributed by atoms with Crippen LogP contribution in [-0.2, 0) is 0 Å². The Labute approximate surface area is 237 Å². The van der Waals surface area contributed by atoms with Crippen LogP contribution in [0.4, 0.5) is 0 Å². The zero-order valence-electron chi connectivity index (χ0n) is 22.3. The molecule has 2 aliphatic carbocycles. The molecule has 0 amide bonds. The second kappa shape index (κ2) is 8.61. The van der Waals surface area contributed by atoms with Crippen molar-refractivity contribution < 1.29 is 0 Å². The Bertz CT molecular complexity index is 2200. The average molecular weight is 524 g/mol. The lowest BCUT2D eigenvalue weighted by atomic mass is 9.85. The molecule has 0 aliphatic heterocycles. The maximum absolute atomic E-state index is 4.95. The van der Waals surface area contributed by atoms with Crippen molar-refractivity contribution in [1.29, 1.82) is 0 Å². The summed E-state index contributed by atoms with van der Waals surface area (Å²) in [7, 11) is 0. The highest BCUT2D eigenvalue weighted by Crippen LogP contribution is 2.49. The van der Waals surface area contributed by atoms with E-state index in [1.54, 1.807) is 0 Å². The minimum atomic E-state index is 0.333. The molecule has 7 aromatic rings. The van der Waals surface area contributed by atoms with Crippen molar-refractivity contribution >= 4 is 38.2 Å². The van der Waals surface area contributed by atoms with Crippen LogP contribution >= 0.6 is 0 Å². The maximum Gasteiger partial charge on any atom is 0.0725 e. The second-order valence-electron chi connectivity index (χ2n) is 11.0. The molecule has 2 aliphatic rings. The topological polar surface area (TPSA) is 30.7 Å². The van der Waals surface area contributed by atoms with Crippen LogP contribution in [0.5, 0.6) is 0 Å². The molecule has 3 nitrogen and oxygen atoms in total. The van der Waals surface area contributed by atoms with Gasteiger partial charge in [0.25, 0.3) is 0 Å². The number of benzene rings is 4. The summed E-state index contributed by atoms with van der Waals surface area (Å²) in [6, 6.07) is 35.0. The van der Waals surface area contributed by atoms with Gasteiger partial charge in [0.15, 0.2) is 0 Å². The highest BCUT2D eigenvalue weighted by atomic mass is 15.0. The lowest BCUT2D eigenvalue weighted by molar-refractivity contribution is 0.864. The van der Waals surface area contributed by atoms with E-state index >= 15 is 0 Å². The van der Waals surface area contributed by atoms with Crippen molar-refractivity contribution in [3.63, 3.8) is 0 Å². The van der Waals surface area contributed by atoms with Gasteiger partial charge in [-0.1, -0.05) is 91.0 Å². The van der Waals surface area contributed by atoms with Crippen molar-refractivity contribution in [2.75, 3.05) is 0 Å². The monoisotopic (exact) mass is 523 g/mol. The van der Waals surface area contributed by atoms with Crippen molar-refractivity contribution in [1.82, 2.24) is 14.5 Å². The fraction of sp³-hybridized carbons (Fsp3) is 0.0526. The fourth-order valence-corrected chi connectivity index (χ4v) is 6.97. The van der Waals surface area contributed by atoms with E-state index in [1.165, 1.54) is 49.5 Å². The van der Waals surface area contributed by atoms with Crippen molar-refractivity contribution in [2.45, 2.75) is 12.3 Å². The van der Waals surface area contributed by atoms with E-state index in [0.717, 1.165) is 34.2 Å². The summed E-state index contributed by atoms with van der Waals surface area (Å²) < 4.78 is 2.28. The number of allylic oxidation sites excluding steroid dienone is 4. The molecule has 9 rings (SSSR count). The molecule has 3 aromatic heterocycles. The van der Waals surface area contributed by atoms with Crippen molar-refractivity contribution in [3.05, 3.63) is 145 Å². The molecule has 0 saturated heterocycles. The van der Waals surface area contributed by atoms with E-state index in [9.17, 15) is 0 Å². The van der Waals surface area contributed by atoms with Crippen LogP contribution in [0.1, 0.15) is 23.6 Å². The molecule has 0 saturated carbocycles. The third-order valence-corrected chi connectivity index (χ3v) is 8.84. The number of aromatic nitrogens is 3. The molecule has 0 radical (unpaired) electrons. The van der Waals surface area contributed by atoms with E-state index in [0.29, 0.717) is 5.92 Å². The summed E-state index contributed by atoms with van der Waals surface area (Å²) in [5.74, 6) is 0.333. The summed E-state index contributed by atoms with van der Waals surface area (Å²) in [5, 5.41) is 5.07. The highest BCUT2D eigenvalue weighted by molar-refractivity contribution is 6.16. The van der Waals surface area contributed by atoms with Crippen LogP contribution in [0.3, 0.4) is 0 Å². The first-order valence-corrected chi connectivity index (χ1v) is 14.2. The van der Waals surface area contributed by atoms with E-state index < -0.39 is 0 Å². The van der Waals surface area contributed by atoms with Gasteiger partial charge in [0.2, 0.25) is 0 Å². The van der Waals surface area contributed by atoms with Gasteiger partial charge in [-0.05, 0) is 74.8 Å². The van der Waals surface area contributed by atoms with Gasteiger partial charge in [-0.2, -0.15) is 0 Å². The predicted molar refractivity (Wildman–Crippen MR) is 169 cm³/mol. The van der Waals surface area contributed by atoms with E-state index in [-0.39, 0.29) is 0 Å². The lowest BCUT2D eigenvalue weighted by Crippen LogP contribution is -2.01. The zero-order chi connectivity index (χ0) is 26.9. The third kappa shape index (κ3) is 3.26. The fourth-order valence-electron chi connectivity index (χ4n) is 6.97. The van der Waals surface area contributed by atoms with Gasteiger partial charge in [0.1, 0.15) is 0 Å². The van der Waals surface area contributed by atoms with Crippen LogP contribution in [0.25, 0.3) is 66.1 Å². The Morgan fingerprint density at radius 2 is 1.46 bits per heavy atom. The zero-order valence-corrected chi connectivity index (χ0v) is 22.3. The first-order chi connectivity index (χ1) is 20.3. The quantitative estimate of drug-likeness (QED) is 0.231. The van der Waals surface area contributed by atoms with Crippen LogP contribution in [0.2, 0.25) is 0 Å². The molecular formula is C38H25N3. The number of nitrogens with zero attached hydrogens (tertiary/aromatic N) is 3. The van der Waals surface area contributed by atoms with Crippen molar-refractivity contribution in [3.8, 4) is 27.9 Å². The smallest absolute Gasteiger partial charge is 0.0725 e. The first-order valence-electron chi connectivity index (χ1n) is 14.2. The Kier molecular flexibility index (Phi) is 4.73. The van der Waals surface area contributed by atoms with Gasteiger partial charge >= 0.3 is 0 Å². The number of pyridine rings is 2. The standard InChI is InChI=1S/C38H25N3/c1-2-7-26(8-3-1)41-36-19-20-39-22-34(36)33-21-35(40-23-37(33)41)25-15-13-24(14-16-25)27-17-18-32-29-10-5-4-9-28(29)31-12-6-11-30(27)38(31)32/h1-13,15-24H,14H2. The summed E-state index contributed by atoms with van der Waals surface area (Å²) in [5.41, 5.74) is 12.3. The molecule has 4 aromatic carbocycles. The maximum atomic E-state index is 4.95. The van der Waals surface area contributed by atoms with Gasteiger partial charge in [0.05, 0.1) is 22.9 Å². The molecule has 3 heteroatoms. The molecule has 41 heavy (non-hydrogen) atoms. The van der Waals surface area contributed by atoms with Gasteiger partial charge in [-0.25, -0.2) is 0 Å². The van der Waals surface area contributed by atoms with Crippen LogP contribution in [-0.4, -0.2) is 14.5 Å². The Morgan fingerprint density at radius 1 is 0.659 bits per heavy atom. The van der Waals surface area contributed by atoms with Gasteiger partial charge in [-0.3, -0.25) is 9.97 Å². The van der Waals surface area contributed by atoms with Crippen LogP contribution < -0.4 is 0 Å². The molecule has 0 bridgehead atoms. The van der Waals surface area contributed by atoms with Crippen LogP contribution in [0.15, 0.2) is 134 Å². The lowest BCUT2D eigenvalue weighted by Gasteiger charge is -2.19. The second-order valence-corrected chi connectivity index (χ2v) is 11.0. The van der Waals surface area contributed by atoms with Crippen molar-refractivity contribution in [2.24, 2.45) is 0 Å². The molecule has 3 heterocycles. The van der Waals surface area contributed by atoms with E-state index in [4.69, 9.17) is 4.98 Å². The number of hydrogen-bond donors (Lipinski definition) is 0. The van der Waals surface area contributed by atoms with E-state index in [2.05, 4.69) is 119 Å². The molecule has 0 N–H and O–H groups in total. The molecule has 0 spiro atoms. The number of fused-ring (bicyclic) bond motifs is 6. The number of rotatable bonds is 3.